The molecule has 0 radical (unpaired) electrons. The van der Waals surface area contributed by atoms with Crippen LogP contribution >= 0.6 is 11.6 Å². The van der Waals surface area contributed by atoms with Crippen LogP contribution in [-0.4, -0.2) is 25.5 Å². The van der Waals surface area contributed by atoms with Crippen LogP contribution < -0.4 is 15.0 Å². The number of carbonyl (C=O) groups excluding carboxylic acids is 2. The number of para-hydroxylation sites is 2. The summed E-state index contributed by atoms with van der Waals surface area (Å²) >= 11 is 5.95. The first kappa shape index (κ1) is 17.3. The maximum Gasteiger partial charge on any atom is 0.227 e. The fraction of sp³-hybridized carbons (Fsp3) is 0.263. The Hall–Kier alpha value is -2.53. The summed E-state index contributed by atoms with van der Waals surface area (Å²) in [4.78, 5) is 26.4. The third kappa shape index (κ3) is 3.94. The average Bonchev–Trinajstić information content (AvgIpc) is 3.01. The first-order chi connectivity index (χ1) is 12.1. The van der Waals surface area contributed by atoms with Gasteiger partial charge in [-0.15, -0.1) is 0 Å². The Morgan fingerprint density at radius 1 is 1.28 bits per heavy atom. The van der Waals surface area contributed by atoms with Gasteiger partial charge in [0, 0.05) is 24.5 Å². The summed E-state index contributed by atoms with van der Waals surface area (Å²) in [7, 11) is 1.56. The smallest absolute Gasteiger partial charge is 0.227 e. The van der Waals surface area contributed by atoms with Crippen molar-refractivity contribution in [3.63, 3.8) is 0 Å². The Bertz CT molecular complexity index is 794. The van der Waals surface area contributed by atoms with Gasteiger partial charge in [-0.2, -0.15) is 0 Å². The molecule has 1 aliphatic heterocycles. The van der Waals surface area contributed by atoms with Gasteiger partial charge >= 0.3 is 0 Å². The molecule has 2 amide bonds. The Morgan fingerprint density at radius 2 is 2.08 bits per heavy atom. The number of rotatable bonds is 5. The molecular formula is C19H19ClN2O3. The summed E-state index contributed by atoms with van der Waals surface area (Å²) in [6, 6.07) is 14.6. The molecule has 0 aliphatic carbocycles. The number of methoxy groups -OCH3 is 1. The molecule has 5 nitrogen and oxygen atoms in total. The van der Waals surface area contributed by atoms with Gasteiger partial charge in [-0.25, -0.2) is 0 Å². The zero-order valence-electron chi connectivity index (χ0n) is 13.9. The van der Waals surface area contributed by atoms with Crippen molar-refractivity contribution in [2.45, 2.75) is 13.0 Å². The normalized spacial score (nSPS) is 16.8. The molecule has 3 rings (SSSR count). The van der Waals surface area contributed by atoms with Gasteiger partial charge in [-0.3, -0.25) is 9.59 Å². The van der Waals surface area contributed by atoms with Crippen molar-refractivity contribution >= 4 is 29.1 Å². The number of hydrogen-bond acceptors (Lipinski definition) is 3. The third-order valence-corrected chi connectivity index (χ3v) is 4.46. The lowest BCUT2D eigenvalue weighted by atomic mass is 10.1. The largest absolute Gasteiger partial charge is 0.495 e. The number of anilines is 1. The van der Waals surface area contributed by atoms with E-state index in [0.29, 0.717) is 29.5 Å². The molecule has 1 fully saturated rings. The molecule has 1 heterocycles. The highest BCUT2D eigenvalue weighted by Gasteiger charge is 2.36. The van der Waals surface area contributed by atoms with Crippen LogP contribution in [0.15, 0.2) is 48.5 Å². The van der Waals surface area contributed by atoms with Gasteiger partial charge < -0.3 is 15.0 Å². The van der Waals surface area contributed by atoms with Gasteiger partial charge in [0.1, 0.15) is 5.75 Å². The minimum Gasteiger partial charge on any atom is -0.495 e. The topological polar surface area (TPSA) is 58.6 Å². The van der Waals surface area contributed by atoms with Crippen LogP contribution in [0.3, 0.4) is 0 Å². The maximum absolute atomic E-state index is 12.4. The highest BCUT2D eigenvalue weighted by atomic mass is 35.5. The van der Waals surface area contributed by atoms with Crippen molar-refractivity contribution in [3.05, 3.63) is 59.1 Å². The third-order valence-electron chi connectivity index (χ3n) is 4.23. The van der Waals surface area contributed by atoms with Crippen molar-refractivity contribution in [1.82, 2.24) is 5.32 Å². The van der Waals surface area contributed by atoms with Crippen molar-refractivity contribution in [2.24, 2.45) is 5.92 Å². The quantitative estimate of drug-likeness (QED) is 0.893. The predicted octanol–water partition coefficient (Wildman–Crippen LogP) is 3.02. The monoisotopic (exact) mass is 358 g/mol. The van der Waals surface area contributed by atoms with Crippen LogP contribution in [0.2, 0.25) is 5.02 Å². The van der Waals surface area contributed by atoms with E-state index in [9.17, 15) is 9.59 Å². The van der Waals surface area contributed by atoms with Crippen LogP contribution in [0.5, 0.6) is 5.75 Å². The van der Waals surface area contributed by atoms with E-state index in [1.54, 1.807) is 24.1 Å². The van der Waals surface area contributed by atoms with E-state index in [0.717, 1.165) is 5.56 Å². The molecule has 0 aromatic heterocycles. The standard InChI is InChI=1S/C19H19ClN2O3/c1-25-17-8-3-2-7-16(17)22-12-14(10-18(22)23)19(24)21-11-13-5-4-6-15(20)9-13/h2-9,14H,10-12H2,1H3,(H,21,24)/t14-/m1/s1. The molecule has 0 spiro atoms. The Morgan fingerprint density at radius 3 is 2.84 bits per heavy atom. The molecule has 1 aliphatic rings. The Balaban J connectivity index is 1.64. The van der Waals surface area contributed by atoms with Crippen molar-refractivity contribution < 1.29 is 14.3 Å². The average molecular weight is 359 g/mol. The van der Waals surface area contributed by atoms with E-state index in [1.165, 1.54) is 0 Å². The molecule has 0 unspecified atom stereocenters. The van der Waals surface area contributed by atoms with Crippen molar-refractivity contribution in [1.29, 1.82) is 0 Å². The van der Waals surface area contributed by atoms with Crippen molar-refractivity contribution in [3.8, 4) is 5.75 Å². The number of halogens is 1. The molecule has 2 aromatic rings. The van der Waals surface area contributed by atoms with E-state index in [4.69, 9.17) is 16.3 Å². The summed E-state index contributed by atoms with van der Waals surface area (Å²) in [5.41, 5.74) is 1.62. The number of carbonyl (C=O) groups is 2. The number of nitrogens with one attached hydrogen (secondary N) is 1. The first-order valence-corrected chi connectivity index (χ1v) is 8.42. The van der Waals surface area contributed by atoms with Crippen LogP contribution in [0.4, 0.5) is 5.69 Å². The molecule has 1 atom stereocenters. The lowest BCUT2D eigenvalue weighted by Gasteiger charge is -2.19. The fourth-order valence-corrected chi connectivity index (χ4v) is 3.16. The second-order valence-corrected chi connectivity index (χ2v) is 6.36. The lowest BCUT2D eigenvalue weighted by molar-refractivity contribution is -0.126. The van der Waals surface area contributed by atoms with Gasteiger partial charge in [0.2, 0.25) is 11.8 Å². The van der Waals surface area contributed by atoms with Crippen LogP contribution in [-0.2, 0) is 16.1 Å². The summed E-state index contributed by atoms with van der Waals surface area (Å²) in [6.45, 7) is 0.735. The fourth-order valence-electron chi connectivity index (χ4n) is 2.95. The van der Waals surface area contributed by atoms with E-state index in [2.05, 4.69) is 5.32 Å². The van der Waals surface area contributed by atoms with Crippen LogP contribution in [0.1, 0.15) is 12.0 Å². The van der Waals surface area contributed by atoms with E-state index in [-0.39, 0.29) is 24.2 Å². The maximum atomic E-state index is 12.4. The SMILES string of the molecule is COc1ccccc1N1C[C@H](C(=O)NCc2cccc(Cl)c2)CC1=O. The zero-order valence-corrected chi connectivity index (χ0v) is 14.6. The highest BCUT2D eigenvalue weighted by molar-refractivity contribution is 6.30. The van der Waals surface area contributed by atoms with Gasteiger partial charge in [0.15, 0.2) is 0 Å². The Labute approximate surface area is 151 Å². The Kier molecular flexibility index (Phi) is 5.24. The first-order valence-electron chi connectivity index (χ1n) is 8.04. The number of ether oxygens (including phenoxy) is 1. The van der Waals surface area contributed by atoms with E-state index >= 15 is 0 Å². The number of amides is 2. The number of nitrogens with zero attached hydrogens (tertiary/aromatic N) is 1. The molecule has 2 aromatic carbocycles. The lowest BCUT2D eigenvalue weighted by Crippen LogP contribution is -2.32. The predicted molar refractivity (Wildman–Crippen MR) is 96.8 cm³/mol. The zero-order chi connectivity index (χ0) is 17.8. The second kappa shape index (κ2) is 7.57. The van der Waals surface area contributed by atoms with Gasteiger partial charge in [0.05, 0.1) is 18.7 Å². The van der Waals surface area contributed by atoms with Gasteiger partial charge in [-0.1, -0.05) is 35.9 Å². The van der Waals surface area contributed by atoms with E-state index in [1.807, 2.05) is 36.4 Å². The molecule has 6 heteroatoms. The molecule has 130 valence electrons. The molecule has 1 N–H and O–H groups in total. The van der Waals surface area contributed by atoms with Crippen LogP contribution in [0, 0.1) is 5.92 Å². The minimum absolute atomic E-state index is 0.0765. The highest BCUT2D eigenvalue weighted by Crippen LogP contribution is 2.32. The second-order valence-electron chi connectivity index (χ2n) is 5.92. The van der Waals surface area contributed by atoms with Crippen molar-refractivity contribution in [2.75, 3.05) is 18.6 Å². The van der Waals surface area contributed by atoms with Gasteiger partial charge in [-0.05, 0) is 29.8 Å². The summed E-state index contributed by atoms with van der Waals surface area (Å²) in [5, 5.41) is 3.51. The molecular weight excluding hydrogens is 340 g/mol. The number of benzene rings is 2. The minimum atomic E-state index is -0.378. The summed E-state index contributed by atoms with van der Waals surface area (Å²) in [5.74, 6) is 0.0329. The molecule has 1 saturated heterocycles. The summed E-state index contributed by atoms with van der Waals surface area (Å²) in [6.07, 6.45) is 0.194. The van der Waals surface area contributed by atoms with Crippen LogP contribution in [0.25, 0.3) is 0 Å². The molecule has 25 heavy (non-hydrogen) atoms. The summed E-state index contributed by atoms with van der Waals surface area (Å²) < 4.78 is 5.31. The van der Waals surface area contributed by atoms with Gasteiger partial charge in [0.25, 0.3) is 0 Å². The number of hydrogen-bond donors (Lipinski definition) is 1. The molecule has 0 bridgehead atoms. The molecule has 0 saturated carbocycles. The van der Waals surface area contributed by atoms with E-state index < -0.39 is 0 Å².